The van der Waals surface area contributed by atoms with E-state index in [1.807, 2.05) is 60.7 Å². The number of para-hydroxylation sites is 1. The maximum atomic E-state index is 12.8. The molecule has 0 bridgehead atoms. The predicted molar refractivity (Wildman–Crippen MR) is 120 cm³/mol. The molecule has 1 aliphatic rings. The molecule has 7 heteroatoms. The summed E-state index contributed by atoms with van der Waals surface area (Å²) < 4.78 is 11.8. The topological polar surface area (TPSA) is 42.7 Å². The monoisotopic (exact) mass is 441 g/mol. The Bertz CT molecular complexity index is 1080. The molecule has 1 fully saturated rings. The molecule has 29 heavy (non-hydrogen) atoms. The molecule has 4 nitrogen and oxygen atoms in total. The molecular formula is C22H16ClNO3S2. The lowest BCUT2D eigenvalue weighted by Gasteiger charge is -2.12. The van der Waals surface area contributed by atoms with Gasteiger partial charge in [-0.2, -0.15) is 0 Å². The first-order valence-electron chi connectivity index (χ1n) is 8.85. The molecule has 1 aromatic heterocycles. The second kappa shape index (κ2) is 8.86. The van der Waals surface area contributed by atoms with Gasteiger partial charge >= 0.3 is 0 Å². The van der Waals surface area contributed by atoms with Gasteiger partial charge in [0.25, 0.3) is 5.91 Å². The maximum Gasteiger partial charge on any atom is 0.266 e. The molecule has 3 aromatic rings. The van der Waals surface area contributed by atoms with Crippen LogP contribution in [0.5, 0.6) is 5.75 Å². The van der Waals surface area contributed by atoms with E-state index in [9.17, 15) is 4.79 Å². The number of halogens is 1. The molecule has 0 N–H and O–H groups in total. The van der Waals surface area contributed by atoms with Gasteiger partial charge in [0.2, 0.25) is 0 Å². The van der Waals surface area contributed by atoms with Crippen molar-refractivity contribution >= 4 is 51.9 Å². The second-order valence-electron chi connectivity index (χ2n) is 6.27. The molecule has 4 rings (SSSR count). The molecule has 0 aliphatic carbocycles. The number of hydrogen-bond donors (Lipinski definition) is 0. The van der Waals surface area contributed by atoms with E-state index in [1.165, 1.54) is 16.7 Å². The number of furan rings is 1. The van der Waals surface area contributed by atoms with E-state index >= 15 is 0 Å². The lowest BCUT2D eigenvalue weighted by molar-refractivity contribution is -0.122. The third kappa shape index (κ3) is 4.56. The summed E-state index contributed by atoms with van der Waals surface area (Å²) in [7, 11) is 0. The van der Waals surface area contributed by atoms with Crippen molar-refractivity contribution in [3.8, 4) is 5.75 Å². The van der Waals surface area contributed by atoms with E-state index in [0.29, 0.717) is 38.9 Å². The summed E-state index contributed by atoms with van der Waals surface area (Å²) in [6, 6.07) is 18.7. The van der Waals surface area contributed by atoms with E-state index in [4.69, 9.17) is 33.0 Å². The zero-order chi connectivity index (χ0) is 20.2. The summed E-state index contributed by atoms with van der Waals surface area (Å²) >= 11 is 12.9. The molecule has 0 saturated carbocycles. The van der Waals surface area contributed by atoms with Crippen molar-refractivity contribution in [2.45, 2.75) is 13.2 Å². The van der Waals surface area contributed by atoms with Gasteiger partial charge in [-0.1, -0.05) is 72.0 Å². The Morgan fingerprint density at radius 1 is 1.10 bits per heavy atom. The molecule has 0 spiro atoms. The number of rotatable bonds is 6. The highest BCUT2D eigenvalue weighted by Crippen LogP contribution is 2.35. The fraction of sp³-hybridized carbons (Fsp3) is 0.0909. The Morgan fingerprint density at radius 3 is 2.69 bits per heavy atom. The predicted octanol–water partition coefficient (Wildman–Crippen LogP) is 5.91. The SMILES string of the molecule is O=C1/C(=C/c2ccccc2OCc2ccccc2Cl)SC(=S)N1Cc1ccco1. The molecule has 2 heterocycles. The van der Waals surface area contributed by atoms with Crippen molar-refractivity contribution < 1.29 is 13.9 Å². The number of carbonyl (C=O) groups is 1. The maximum absolute atomic E-state index is 12.8. The van der Waals surface area contributed by atoms with Crippen molar-refractivity contribution in [3.05, 3.63) is 93.7 Å². The van der Waals surface area contributed by atoms with Gasteiger partial charge in [-0.15, -0.1) is 0 Å². The van der Waals surface area contributed by atoms with Gasteiger partial charge in [0.15, 0.2) is 0 Å². The molecule has 2 aromatic carbocycles. The summed E-state index contributed by atoms with van der Waals surface area (Å²) in [6.07, 6.45) is 3.39. The summed E-state index contributed by atoms with van der Waals surface area (Å²) in [5, 5.41) is 0.656. The van der Waals surface area contributed by atoms with Crippen LogP contribution in [0.4, 0.5) is 0 Å². The van der Waals surface area contributed by atoms with Crippen molar-refractivity contribution in [2.75, 3.05) is 0 Å². The van der Waals surface area contributed by atoms with E-state index in [1.54, 1.807) is 12.3 Å². The largest absolute Gasteiger partial charge is 0.488 e. The zero-order valence-corrected chi connectivity index (χ0v) is 17.6. The number of nitrogens with zero attached hydrogens (tertiary/aromatic N) is 1. The number of thioether (sulfide) groups is 1. The standard InChI is InChI=1S/C22H16ClNO3S2/c23-18-9-3-1-7-16(18)14-27-19-10-4-2-6-15(19)12-20-21(25)24(22(28)29-20)13-17-8-5-11-26-17/h1-12H,13-14H2/b20-12-. The third-order valence-corrected chi connectivity index (χ3v) is 6.06. The summed E-state index contributed by atoms with van der Waals surface area (Å²) in [5.41, 5.74) is 1.70. The van der Waals surface area contributed by atoms with Crippen molar-refractivity contribution in [1.29, 1.82) is 0 Å². The minimum absolute atomic E-state index is 0.141. The van der Waals surface area contributed by atoms with Crippen LogP contribution in [0.1, 0.15) is 16.9 Å². The number of hydrogen-bond acceptors (Lipinski definition) is 5. The van der Waals surface area contributed by atoms with Crippen LogP contribution in [0, 0.1) is 0 Å². The van der Waals surface area contributed by atoms with Crippen LogP contribution < -0.4 is 4.74 Å². The van der Waals surface area contributed by atoms with Gasteiger partial charge in [-0.25, -0.2) is 0 Å². The summed E-state index contributed by atoms with van der Waals surface area (Å²) in [5.74, 6) is 1.21. The van der Waals surface area contributed by atoms with Crippen LogP contribution in [-0.4, -0.2) is 15.1 Å². The fourth-order valence-corrected chi connectivity index (χ4v) is 4.27. The molecular weight excluding hydrogens is 426 g/mol. The van der Waals surface area contributed by atoms with Gasteiger partial charge < -0.3 is 9.15 Å². The second-order valence-corrected chi connectivity index (χ2v) is 8.35. The lowest BCUT2D eigenvalue weighted by atomic mass is 10.1. The number of ether oxygens (including phenoxy) is 1. The van der Waals surface area contributed by atoms with Crippen LogP contribution in [0.25, 0.3) is 6.08 Å². The Morgan fingerprint density at radius 2 is 1.90 bits per heavy atom. The highest BCUT2D eigenvalue weighted by molar-refractivity contribution is 8.26. The summed E-state index contributed by atoms with van der Waals surface area (Å²) in [6.45, 7) is 0.656. The zero-order valence-electron chi connectivity index (χ0n) is 15.2. The van der Waals surface area contributed by atoms with Gasteiger partial charge in [0.05, 0.1) is 17.7 Å². The first kappa shape index (κ1) is 19.8. The van der Waals surface area contributed by atoms with Crippen LogP contribution in [0.3, 0.4) is 0 Å². The van der Waals surface area contributed by atoms with E-state index in [2.05, 4.69) is 0 Å². The van der Waals surface area contributed by atoms with Gasteiger partial charge in [-0.05, 0) is 30.3 Å². The van der Waals surface area contributed by atoms with Crippen molar-refractivity contribution in [3.63, 3.8) is 0 Å². The van der Waals surface area contributed by atoms with E-state index in [-0.39, 0.29) is 5.91 Å². The molecule has 1 saturated heterocycles. The van der Waals surface area contributed by atoms with Crippen LogP contribution >= 0.6 is 35.6 Å². The van der Waals surface area contributed by atoms with Gasteiger partial charge in [0, 0.05) is 16.1 Å². The van der Waals surface area contributed by atoms with Crippen molar-refractivity contribution in [2.24, 2.45) is 0 Å². The molecule has 0 unspecified atom stereocenters. The minimum atomic E-state index is -0.141. The fourth-order valence-electron chi connectivity index (χ4n) is 2.84. The number of benzene rings is 2. The number of carbonyl (C=O) groups excluding carboxylic acids is 1. The molecule has 1 aliphatic heterocycles. The van der Waals surface area contributed by atoms with Crippen LogP contribution in [-0.2, 0) is 17.9 Å². The Kier molecular flexibility index (Phi) is 6.04. The highest BCUT2D eigenvalue weighted by Gasteiger charge is 2.32. The molecule has 0 atom stereocenters. The molecule has 1 amide bonds. The Labute approximate surface area is 183 Å². The van der Waals surface area contributed by atoms with Crippen LogP contribution in [0.2, 0.25) is 5.02 Å². The molecule has 0 radical (unpaired) electrons. The minimum Gasteiger partial charge on any atom is -0.488 e. The third-order valence-electron chi connectivity index (χ3n) is 4.31. The molecule has 146 valence electrons. The Hall–Kier alpha value is -2.54. The quantitative estimate of drug-likeness (QED) is 0.351. The highest BCUT2D eigenvalue weighted by atomic mass is 35.5. The normalized spacial score (nSPS) is 15.3. The van der Waals surface area contributed by atoms with Crippen molar-refractivity contribution in [1.82, 2.24) is 4.90 Å². The van der Waals surface area contributed by atoms with Crippen LogP contribution in [0.15, 0.2) is 76.2 Å². The average Bonchev–Trinajstić information content (AvgIpc) is 3.33. The lowest BCUT2D eigenvalue weighted by Crippen LogP contribution is -2.27. The first-order valence-corrected chi connectivity index (χ1v) is 10.4. The van der Waals surface area contributed by atoms with Gasteiger partial charge in [-0.3, -0.25) is 9.69 Å². The average molecular weight is 442 g/mol. The number of amides is 1. The van der Waals surface area contributed by atoms with E-state index in [0.717, 1.165) is 11.1 Å². The first-order chi connectivity index (χ1) is 14.1. The van der Waals surface area contributed by atoms with E-state index < -0.39 is 0 Å². The Balaban J connectivity index is 1.53. The summed E-state index contributed by atoms with van der Waals surface area (Å²) in [4.78, 5) is 14.9. The number of thiocarbonyl (C=S) groups is 1. The van der Waals surface area contributed by atoms with Gasteiger partial charge in [0.1, 0.15) is 22.4 Å². The smallest absolute Gasteiger partial charge is 0.266 e.